The fraction of sp³-hybridized carbons (Fsp3) is 1.00. The standard InChI is InChI=1S/C9H18O2/c1-3-7(4-2)8-5-11-6-9(8)10/h7-10H,3-6H2,1-2H3/t8-,9+/m0/s1. The molecule has 0 saturated carbocycles. The fourth-order valence-corrected chi connectivity index (χ4v) is 1.90. The van der Waals surface area contributed by atoms with Crippen LogP contribution in [0.5, 0.6) is 0 Å². The minimum Gasteiger partial charge on any atom is -0.390 e. The zero-order valence-electron chi connectivity index (χ0n) is 7.42. The van der Waals surface area contributed by atoms with Crippen molar-refractivity contribution in [2.75, 3.05) is 13.2 Å². The average Bonchev–Trinajstić information content (AvgIpc) is 2.40. The lowest BCUT2D eigenvalue weighted by atomic mass is 9.86. The van der Waals surface area contributed by atoms with E-state index in [1.807, 2.05) is 0 Å². The Labute approximate surface area is 68.6 Å². The molecule has 2 nitrogen and oxygen atoms in total. The van der Waals surface area contributed by atoms with Crippen LogP contribution in [-0.4, -0.2) is 24.4 Å². The predicted molar refractivity (Wildman–Crippen MR) is 44.4 cm³/mol. The Kier molecular flexibility index (Phi) is 3.34. The Hall–Kier alpha value is -0.0800. The van der Waals surface area contributed by atoms with E-state index in [1.54, 1.807) is 0 Å². The highest BCUT2D eigenvalue weighted by Gasteiger charge is 2.31. The highest BCUT2D eigenvalue weighted by molar-refractivity contribution is 4.79. The van der Waals surface area contributed by atoms with Crippen molar-refractivity contribution in [3.8, 4) is 0 Å². The van der Waals surface area contributed by atoms with Gasteiger partial charge >= 0.3 is 0 Å². The highest BCUT2D eigenvalue weighted by Crippen LogP contribution is 2.27. The van der Waals surface area contributed by atoms with Gasteiger partial charge in [0.25, 0.3) is 0 Å². The second kappa shape index (κ2) is 4.07. The van der Waals surface area contributed by atoms with Crippen molar-refractivity contribution in [3.63, 3.8) is 0 Å². The Balaban J connectivity index is 2.43. The first kappa shape index (κ1) is 9.01. The number of ether oxygens (including phenoxy) is 1. The van der Waals surface area contributed by atoms with Gasteiger partial charge in [-0.25, -0.2) is 0 Å². The Morgan fingerprint density at radius 2 is 2.00 bits per heavy atom. The van der Waals surface area contributed by atoms with Crippen LogP contribution in [0.15, 0.2) is 0 Å². The molecule has 1 aliphatic rings. The van der Waals surface area contributed by atoms with Gasteiger partial charge < -0.3 is 9.84 Å². The van der Waals surface area contributed by atoms with Gasteiger partial charge in [-0.15, -0.1) is 0 Å². The van der Waals surface area contributed by atoms with E-state index in [1.165, 1.54) is 0 Å². The molecular weight excluding hydrogens is 140 g/mol. The summed E-state index contributed by atoms with van der Waals surface area (Å²) >= 11 is 0. The first-order chi connectivity index (χ1) is 5.29. The molecule has 0 aromatic rings. The van der Waals surface area contributed by atoms with Crippen LogP contribution in [0.1, 0.15) is 26.7 Å². The van der Waals surface area contributed by atoms with Crippen LogP contribution >= 0.6 is 0 Å². The summed E-state index contributed by atoms with van der Waals surface area (Å²) in [5.41, 5.74) is 0. The van der Waals surface area contributed by atoms with Gasteiger partial charge in [0.2, 0.25) is 0 Å². The second-order valence-corrected chi connectivity index (χ2v) is 3.35. The van der Waals surface area contributed by atoms with Gasteiger partial charge in [0.05, 0.1) is 19.3 Å². The maximum Gasteiger partial charge on any atom is 0.0826 e. The molecule has 0 aromatic heterocycles. The summed E-state index contributed by atoms with van der Waals surface area (Å²) in [7, 11) is 0. The molecule has 1 aliphatic heterocycles. The smallest absolute Gasteiger partial charge is 0.0826 e. The van der Waals surface area contributed by atoms with Crippen LogP contribution in [-0.2, 0) is 4.74 Å². The molecule has 2 atom stereocenters. The van der Waals surface area contributed by atoms with E-state index in [9.17, 15) is 5.11 Å². The van der Waals surface area contributed by atoms with E-state index in [4.69, 9.17) is 4.74 Å². The topological polar surface area (TPSA) is 29.5 Å². The van der Waals surface area contributed by atoms with Crippen molar-refractivity contribution < 1.29 is 9.84 Å². The third-order valence-electron chi connectivity index (χ3n) is 2.75. The van der Waals surface area contributed by atoms with Gasteiger partial charge in [-0.1, -0.05) is 26.7 Å². The van der Waals surface area contributed by atoms with Gasteiger partial charge in [-0.2, -0.15) is 0 Å². The second-order valence-electron chi connectivity index (χ2n) is 3.35. The average molecular weight is 158 g/mol. The summed E-state index contributed by atoms with van der Waals surface area (Å²) in [5.74, 6) is 1.04. The number of hydrogen-bond donors (Lipinski definition) is 1. The lowest BCUT2D eigenvalue weighted by molar-refractivity contribution is 0.102. The molecule has 0 aromatic carbocycles. The molecule has 0 aliphatic carbocycles. The summed E-state index contributed by atoms with van der Waals surface area (Å²) in [5, 5.41) is 9.50. The van der Waals surface area contributed by atoms with Crippen LogP contribution in [0.4, 0.5) is 0 Å². The minimum absolute atomic E-state index is 0.208. The van der Waals surface area contributed by atoms with E-state index in [0.717, 1.165) is 19.4 Å². The van der Waals surface area contributed by atoms with Crippen molar-refractivity contribution in [1.29, 1.82) is 0 Å². The van der Waals surface area contributed by atoms with Crippen molar-refractivity contribution >= 4 is 0 Å². The normalized spacial score (nSPS) is 31.6. The van der Waals surface area contributed by atoms with Gasteiger partial charge in [0.1, 0.15) is 0 Å². The third-order valence-corrected chi connectivity index (χ3v) is 2.75. The fourth-order valence-electron chi connectivity index (χ4n) is 1.90. The van der Waals surface area contributed by atoms with Crippen molar-refractivity contribution in [3.05, 3.63) is 0 Å². The number of hydrogen-bond acceptors (Lipinski definition) is 2. The Bertz CT molecular complexity index is 110. The Morgan fingerprint density at radius 3 is 2.36 bits per heavy atom. The van der Waals surface area contributed by atoms with Gasteiger partial charge in [-0.05, 0) is 5.92 Å². The monoisotopic (exact) mass is 158 g/mol. The van der Waals surface area contributed by atoms with Gasteiger partial charge in [0.15, 0.2) is 0 Å². The highest BCUT2D eigenvalue weighted by atomic mass is 16.5. The van der Waals surface area contributed by atoms with E-state index in [2.05, 4.69) is 13.8 Å². The van der Waals surface area contributed by atoms with Crippen LogP contribution in [0, 0.1) is 11.8 Å². The number of aliphatic hydroxyl groups is 1. The molecule has 66 valence electrons. The molecule has 0 spiro atoms. The number of aliphatic hydroxyl groups excluding tert-OH is 1. The van der Waals surface area contributed by atoms with Crippen LogP contribution in [0.3, 0.4) is 0 Å². The first-order valence-electron chi connectivity index (χ1n) is 4.55. The quantitative estimate of drug-likeness (QED) is 0.673. The molecule has 0 radical (unpaired) electrons. The molecular formula is C9H18O2. The largest absolute Gasteiger partial charge is 0.390 e. The van der Waals surface area contributed by atoms with Gasteiger partial charge in [-0.3, -0.25) is 0 Å². The summed E-state index contributed by atoms with van der Waals surface area (Å²) in [6.45, 7) is 5.66. The molecule has 1 rings (SSSR count). The minimum atomic E-state index is -0.208. The SMILES string of the molecule is CCC(CC)[C@@H]1COC[C@H]1O. The summed E-state index contributed by atoms with van der Waals surface area (Å²) in [4.78, 5) is 0. The third kappa shape index (κ3) is 1.94. The lowest BCUT2D eigenvalue weighted by Crippen LogP contribution is -2.25. The predicted octanol–water partition coefficient (Wildman–Crippen LogP) is 1.43. The molecule has 0 unspecified atom stereocenters. The molecule has 0 amide bonds. The molecule has 2 heteroatoms. The molecule has 0 bridgehead atoms. The Morgan fingerprint density at radius 1 is 1.36 bits per heavy atom. The zero-order valence-corrected chi connectivity index (χ0v) is 7.42. The van der Waals surface area contributed by atoms with Gasteiger partial charge in [0, 0.05) is 5.92 Å². The zero-order chi connectivity index (χ0) is 8.27. The van der Waals surface area contributed by atoms with Crippen molar-refractivity contribution in [2.24, 2.45) is 11.8 Å². The molecule has 1 fully saturated rings. The first-order valence-corrected chi connectivity index (χ1v) is 4.55. The van der Waals surface area contributed by atoms with Crippen molar-refractivity contribution in [1.82, 2.24) is 0 Å². The van der Waals surface area contributed by atoms with E-state index in [0.29, 0.717) is 18.4 Å². The molecule has 1 N–H and O–H groups in total. The van der Waals surface area contributed by atoms with Crippen molar-refractivity contribution in [2.45, 2.75) is 32.8 Å². The maximum atomic E-state index is 9.50. The van der Waals surface area contributed by atoms with E-state index >= 15 is 0 Å². The molecule has 1 heterocycles. The van der Waals surface area contributed by atoms with Crippen LogP contribution < -0.4 is 0 Å². The maximum absolute atomic E-state index is 9.50. The van der Waals surface area contributed by atoms with E-state index < -0.39 is 0 Å². The number of rotatable bonds is 3. The summed E-state index contributed by atoms with van der Waals surface area (Å²) in [6.07, 6.45) is 2.10. The van der Waals surface area contributed by atoms with E-state index in [-0.39, 0.29) is 6.10 Å². The van der Waals surface area contributed by atoms with Crippen LogP contribution in [0.2, 0.25) is 0 Å². The van der Waals surface area contributed by atoms with Crippen LogP contribution in [0.25, 0.3) is 0 Å². The lowest BCUT2D eigenvalue weighted by Gasteiger charge is -2.21. The molecule has 11 heavy (non-hydrogen) atoms. The summed E-state index contributed by atoms with van der Waals surface area (Å²) < 4.78 is 5.20. The molecule has 1 saturated heterocycles. The summed E-state index contributed by atoms with van der Waals surface area (Å²) in [6, 6.07) is 0.